The van der Waals surface area contributed by atoms with Crippen LogP contribution in [0.3, 0.4) is 0 Å². The molecule has 134 valence electrons. The minimum Gasteiger partial charge on any atom is -0.494 e. The monoisotopic (exact) mass is 370 g/mol. The Morgan fingerprint density at radius 1 is 1.15 bits per heavy atom. The van der Waals surface area contributed by atoms with Crippen LogP contribution < -0.4 is 10.3 Å². The Balaban J connectivity index is 2.12. The molecular formula is C19H18N2O4S. The third-order valence-electron chi connectivity index (χ3n) is 3.70. The summed E-state index contributed by atoms with van der Waals surface area (Å²) in [6.45, 7) is 2.48. The molecular weight excluding hydrogens is 352 g/mol. The van der Waals surface area contributed by atoms with Crippen molar-refractivity contribution >= 4 is 28.6 Å². The number of hydrogen-bond donors (Lipinski definition) is 0. The number of hydrogen-bond acceptors (Lipinski definition) is 6. The highest BCUT2D eigenvalue weighted by atomic mass is 32.2. The molecule has 6 nitrogen and oxygen atoms in total. The van der Waals surface area contributed by atoms with Gasteiger partial charge in [-0.05, 0) is 43.3 Å². The molecule has 0 saturated carbocycles. The maximum atomic E-state index is 13.0. The predicted molar refractivity (Wildman–Crippen MR) is 101 cm³/mol. The van der Waals surface area contributed by atoms with Gasteiger partial charge in [0.2, 0.25) is 0 Å². The van der Waals surface area contributed by atoms with Crippen LogP contribution in [0, 0.1) is 0 Å². The highest BCUT2D eigenvalue weighted by Gasteiger charge is 2.15. The molecule has 3 aromatic rings. The maximum absolute atomic E-state index is 13.0. The molecule has 0 fully saturated rings. The van der Waals surface area contributed by atoms with Crippen LogP contribution in [0.2, 0.25) is 0 Å². The van der Waals surface area contributed by atoms with Gasteiger partial charge in [0.05, 0.1) is 36.1 Å². The summed E-state index contributed by atoms with van der Waals surface area (Å²) in [6.07, 6.45) is 0. The zero-order chi connectivity index (χ0) is 18.5. The molecule has 1 heterocycles. The highest BCUT2D eigenvalue weighted by molar-refractivity contribution is 7.99. The molecule has 1 aromatic heterocycles. The fraction of sp³-hybridized carbons (Fsp3) is 0.211. The molecule has 7 heteroatoms. The van der Waals surface area contributed by atoms with Crippen molar-refractivity contribution < 1.29 is 14.3 Å². The van der Waals surface area contributed by atoms with Crippen molar-refractivity contribution in [1.29, 1.82) is 0 Å². The lowest BCUT2D eigenvalue weighted by atomic mass is 10.2. The summed E-state index contributed by atoms with van der Waals surface area (Å²) < 4.78 is 11.6. The number of nitrogens with zero attached hydrogens (tertiary/aromatic N) is 2. The van der Waals surface area contributed by atoms with Gasteiger partial charge in [-0.2, -0.15) is 0 Å². The molecule has 0 spiro atoms. The Morgan fingerprint density at radius 2 is 1.88 bits per heavy atom. The van der Waals surface area contributed by atoms with Gasteiger partial charge in [0.25, 0.3) is 5.56 Å². The van der Waals surface area contributed by atoms with E-state index in [0.717, 1.165) is 17.5 Å². The van der Waals surface area contributed by atoms with E-state index in [-0.39, 0.29) is 17.3 Å². The first kappa shape index (κ1) is 18.0. The van der Waals surface area contributed by atoms with Crippen molar-refractivity contribution in [3.8, 4) is 11.4 Å². The van der Waals surface area contributed by atoms with Crippen molar-refractivity contribution in [3.05, 3.63) is 58.9 Å². The normalized spacial score (nSPS) is 10.7. The Bertz CT molecular complexity index is 983. The highest BCUT2D eigenvalue weighted by Crippen LogP contribution is 2.23. The summed E-state index contributed by atoms with van der Waals surface area (Å²) in [4.78, 5) is 29.1. The molecule has 0 saturated heterocycles. The van der Waals surface area contributed by atoms with Crippen molar-refractivity contribution in [3.63, 3.8) is 0 Å². The third kappa shape index (κ3) is 3.72. The zero-order valence-corrected chi connectivity index (χ0v) is 15.3. The van der Waals surface area contributed by atoms with Gasteiger partial charge in [-0.1, -0.05) is 23.9 Å². The average Bonchev–Trinajstić information content (AvgIpc) is 2.67. The van der Waals surface area contributed by atoms with Crippen LogP contribution in [0.4, 0.5) is 0 Å². The number of carbonyl (C=O) groups excluding carboxylic acids is 1. The summed E-state index contributed by atoms with van der Waals surface area (Å²) in [5.41, 5.74) is 1.06. The first-order valence-electron chi connectivity index (χ1n) is 8.08. The molecule has 0 bridgehead atoms. The number of thioether (sulfide) groups is 1. The molecule has 0 aliphatic carbocycles. The molecule has 0 radical (unpaired) electrons. The summed E-state index contributed by atoms with van der Waals surface area (Å²) in [5, 5.41) is 0.951. The van der Waals surface area contributed by atoms with Gasteiger partial charge in [-0.15, -0.1) is 0 Å². The Labute approximate surface area is 154 Å². The average molecular weight is 370 g/mol. The lowest BCUT2D eigenvalue weighted by Gasteiger charge is -2.13. The van der Waals surface area contributed by atoms with E-state index in [1.54, 1.807) is 42.5 Å². The second-order valence-electron chi connectivity index (χ2n) is 5.34. The zero-order valence-electron chi connectivity index (χ0n) is 14.5. The van der Waals surface area contributed by atoms with Gasteiger partial charge < -0.3 is 9.47 Å². The van der Waals surface area contributed by atoms with Crippen molar-refractivity contribution in [1.82, 2.24) is 9.55 Å². The van der Waals surface area contributed by atoms with Gasteiger partial charge in [0.1, 0.15) is 5.75 Å². The lowest BCUT2D eigenvalue weighted by Crippen LogP contribution is -2.22. The summed E-state index contributed by atoms with van der Waals surface area (Å²) in [6, 6.07) is 14.3. The fourth-order valence-corrected chi connectivity index (χ4v) is 3.32. The summed E-state index contributed by atoms with van der Waals surface area (Å²) in [5.74, 6) is 0.413. The van der Waals surface area contributed by atoms with E-state index in [2.05, 4.69) is 9.72 Å². The van der Waals surface area contributed by atoms with Crippen LogP contribution in [0.25, 0.3) is 16.6 Å². The number of benzene rings is 2. The van der Waals surface area contributed by atoms with Crippen molar-refractivity contribution in [2.45, 2.75) is 12.1 Å². The number of fused-ring (bicyclic) bond motifs is 1. The van der Waals surface area contributed by atoms with Crippen LogP contribution in [0.5, 0.6) is 5.75 Å². The van der Waals surface area contributed by atoms with Gasteiger partial charge >= 0.3 is 5.97 Å². The summed E-state index contributed by atoms with van der Waals surface area (Å²) >= 11 is 1.16. The van der Waals surface area contributed by atoms with Crippen LogP contribution in [-0.4, -0.2) is 35.0 Å². The molecule has 0 atom stereocenters. The molecule has 0 aliphatic heterocycles. The minimum atomic E-state index is -0.379. The van der Waals surface area contributed by atoms with Gasteiger partial charge in [-0.25, -0.2) is 4.98 Å². The quantitative estimate of drug-likeness (QED) is 0.377. The summed E-state index contributed by atoms with van der Waals surface area (Å²) in [7, 11) is 1.33. The van der Waals surface area contributed by atoms with E-state index >= 15 is 0 Å². The molecule has 0 N–H and O–H groups in total. The largest absolute Gasteiger partial charge is 0.494 e. The number of methoxy groups -OCH3 is 1. The fourth-order valence-electron chi connectivity index (χ4n) is 2.48. The minimum absolute atomic E-state index is 0.0678. The standard InChI is InChI=1S/C19H18N2O4S/c1-3-25-14-10-8-13(9-11-14)21-18(23)15-6-4-5-7-16(15)20-19(21)26-12-17(22)24-2/h4-11H,3,12H2,1-2H3. The topological polar surface area (TPSA) is 70.4 Å². The maximum Gasteiger partial charge on any atom is 0.316 e. The van der Waals surface area contributed by atoms with E-state index in [4.69, 9.17) is 4.74 Å². The molecule has 26 heavy (non-hydrogen) atoms. The smallest absolute Gasteiger partial charge is 0.316 e. The van der Waals surface area contributed by atoms with Crippen LogP contribution >= 0.6 is 11.8 Å². The number of aromatic nitrogens is 2. The Hall–Kier alpha value is -2.80. The lowest BCUT2D eigenvalue weighted by molar-refractivity contribution is -0.137. The SMILES string of the molecule is CCOc1ccc(-n2c(SCC(=O)OC)nc3ccccc3c2=O)cc1. The van der Waals surface area contributed by atoms with E-state index in [1.807, 2.05) is 13.0 Å². The van der Waals surface area contributed by atoms with E-state index in [0.29, 0.717) is 28.4 Å². The molecule has 0 aliphatic rings. The molecule has 0 amide bonds. The number of rotatable bonds is 6. The van der Waals surface area contributed by atoms with Crippen LogP contribution in [0.1, 0.15) is 6.92 Å². The second kappa shape index (κ2) is 8.05. The van der Waals surface area contributed by atoms with E-state index < -0.39 is 0 Å². The van der Waals surface area contributed by atoms with Gasteiger partial charge in [0, 0.05) is 0 Å². The van der Waals surface area contributed by atoms with Crippen molar-refractivity contribution in [2.24, 2.45) is 0 Å². The van der Waals surface area contributed by atoms with E-state index in [1.165, 1.54) is 11.7 Å². The number of carbonyl (C=O) groups is 1. The predicted octanol–water partition coefficient (Wildman–Crippen LogP) is 3.05. The van der Waals surface area contributed by atoms with Crippen LogP contribution in [0.15, 0.2) is 58.5 Å². The molecule has 0 unspecified atom stereocenters. The Kier molecular flexibility index (Phi) is 5.58. The number of esters is 1. The second-order valence-corrected chi connectivity index (χ2v) is 6.29. The van der Waals surface area contributed by atoms with E-state index in [9.17, 15) is 9.59 Å². The molecule has 2 aromatic carbocycles. The number of ether oxygens (including phenoxy) is 2. The van der Waals surface area contributed by atoms with Gasteiger partial charge in [0.15, 0.2) is 5.16 Å². The first-order valence-corrected chi connectivity index (χ1v) is 9.07. The third-order valence-corrected chi connectivity index (χ3v) is 4.61. The van der Waals surface area contributed by atoms with Crippen LogP contribution in [-0.2, 0) is 9.53 Å². The van der Waals surface area contributed by atoms with Crippen molar-refractivity contribution in [2.75, 3.05) is 19.5 Å². The number of para-hydroxylation sites is 1. The Morgan fingerprint density at radius 3 is 2.58 bits per heavy atom. The first-order chi connectivity index (χ1) is 12.6. The molecule has 3 rings (SSSR count). The van der Waals surface area contributed by atoms with Gasteiger partial charge in [-0.3, -0.25) is 14.2 Å².